The van der Waals surface area contributed by atoms with Crippen LogP contribution in [-0.4, -0.2) is 16.0 Å². The lowest BCUT2D eigenvalue weighted by atomic mass is 10.2. The molecule has 0 aliphatic heterocycles. The lowest BCUT2D eigenvalue weighted by Gasteiger charge is -2.02. The topological polar surface area (TPSA) is 93.6 Å². The summed E-state index contributed by atoms with van der Waals surface area (Å²) in [6, 6.07) is 7.12. The number of nitro benzene ring substituents is 1. The molecule has 1 aromatic carbocycles. The molecular weight excluding hydrogens is 306 g/mol. The first-order valence-corrected chi connectivity index (χ1v) is 6.72. The number of benzene rings is 1. The third-order valence-corrected chi connectivity index (χ3v) is 3.72. The number of carbonyl (C=O) groups is 1. The Hall–Kier alpha value is -1.99. The van der Waals surface area contributed by atoms with Crippen LogP contribution in [0.1, 0.15) is 16.1 Å². The molecule has 0 spiro atoms. The van der Waals surface area contributed by atoms with Crippen LogP contribution in [0.15, 0.2) is 39.8 Å². The summed E-state index contributed by atoms with van der Waals surface area (Å²) < 4.78 is 5.08. The largest absolute Gasteiger partial charge is 0.475 e. The molecule has 0 saturated heterocycles. The van der Waals surface area contributed by atoms with Crippen molar-refractivity contribution in [3.05, 3.63) is 56.8 Å². The Kier molecular flexibility index (Phi) is 4.31. The predicted molar refractivity (Wildman–Crippen MR) is 73.3 cm³/mol. The minimum atomic E-state index is -1.13. The molecule has 0 fully saturated rings. The number of hydrogen-bond acceptors (Lipinski definition) is 5. The van der Waals surface area contributed by atoms with Gasteiger partial charge in [0, 0.05) is 17.9 Å². The normalized spacial score (nSPS) is 10.4. The van der Waals surface area contributed by atoms with Gasteiger partial charge in [-0.1, -0.05) is 23.4 Å². The predicted octanol–water partition coefficient (Wildman–Crippen LogP) is 3.83. The molecule has 20 heavy (non-hydrogen) atoms. The summed E-state index contributed by atoms with van der Waals surface area (Å²) >= 11 is 7.21. The molecule has 0 aliphatic carbocycles. The highest BCUT2D eigenvalue weighted by Gasteiger charge is 2.12. The van der Waals surface area contributed by atoms with Gasteiger partial charge in [-0.15, -0.1) is 0 Å². The number of halogens is 1. The van der Waals surface area contributed by atoms with E-state index in [4.69, 9.17) is 21.1 Å². The molecule has 0 radical (unpaired) electrons. The minimum Gasteiger partial charge on any atom is -0.475 e. The van der Waals surface area contributed by atoms with E-state index in [0.29, 0.717) is 16.4 Å². The van der Waals surface area contributed by atoms with E-state index in [-0.39, 0.29) is 16.5 Å². The number of hydrogen-bond donors (Lipinski definition) is 1. The number of non-ortho nitro benzene ring substituents is 1. The van der Waals surface area contributed by atoms with Crippen molar-refractivity contribution in [3.63, 3.8) is 0 Å². The molecule has 1 aromatic heterocycles. The standard InChI is InChI=1S/C12H8ClNO5S/c13-9-5-8(14(17)18)2-1-7(9)6-20-11-4-3-10(19-11)12(15)16/h1-5H,6H2,(H,15,16). The fourth-order valence-corrected chi connectivity index (χ4v) is 2.61. The highest BCUT2D eigenvalue weighted by atomic mass is 35.5. The van der Waals surface area contributed by atoms with E-state index in [1.807, 2.05) is 0 Å². The Morgan fingerprint density at radius 1 is 1.40 bits per heavy atom. The van der Waals surface area contributed by atoms with Gasteiger partial charge >= 0.3 is 5.97 Å². The number of aromatic carboxylic acids is 1. The SMILES string of the molecule is O=C(O)c1ccc(SCc2ccc([N+](=O)[O-])cc2Cl)o1. The molecular formula is C12H8ClNO5S. The van der Waals surface area contributed by atoms with Crippen molar-refractivity contribution in [2.75, 3.05) is 0 Å². The van der Waals surface area contributed by atoms with Crippen molar-refractivity contribution >= 4 is 35.0 Å². The average molecular weight is 314 g/mol. The molecule has 1 heterocycles. The maximum Gasteiger partial charge on any atom is 0.371 e. The third-order valence-electron chi connectivity index (χ3n) is 2.41. The van der Waals surface area contributed by atoms with Crippen LogP contribution < -0.4 is 0 Å². The molecule has 2 aromatic rings. The van der Waals surface area contributed by atoms with Crippen LogP contribution >= 0.6 is 23.4 Å². The van der Waals surface area contributed by atoms with Crippen LogP contribution in [0.5, 0.6) is 0 Å². The van der Waals surface area contributed by atoms with E-state index < -0.39 is 10.9 Å². The van der Waals surface area contributed by atoms with Crippen molar-refractivity contribution in [2.24, 2.45) is 0 Å². The second kappa shape index (κ2) is 5.98. The fraction of sp³-hybridized carbons (Fsp3) is 0.0833. The van der Waals surface area contributed by atoms with Crippen molar-refractivity contribution in [2.45, 2.75) is 10.8 Å². The number of furan rings is 1. The molecule has 0 atom stereocenters. The van der Waals surface area contributed by atoms with E-state index in [2.05, 4.69) is 0 Å². The van der Waals surface area contributed by atoms with Gasteiger partial charge in [0.25, 0.3) is 5.69 Å². The summed E-state index contributed by atoms with van der Waals surface area (Å²) in [5.74, 6) is -0.851. The van der Waals surface area contributed by atoms with Gasteiger partial charge in [0.05, 0.1) is 9.95 Å². The Morgan fingerprint density at radius 2 is 2.15 bits per heavy atom. The van der Waals surface area contributed by atoms with Gasteiger partial charge in [-0.05, 0) is 23.8 Å². The number of rotatable bonds is 5. The first-order valence-electron chi connectivity index (χ1n) is 5.36. The smallest absolute Gasteiger partial charge is 0.371 e. The van der Waals surface area contributed by atoms with Gasteiger partial charge in [0.2, 0.25) is 5.76 Å². The summed E-state index contributed by atoms with van der Waals surface area (Å²) in [6.07, 6.45) is 0. The van der Waals surface area contributed by atoms with Crippen molar-refractivity contribution < 1.29 is 19.2 Å². The van der Waals surface area contributed by atoms with Gasteiger partial charge in [0.15, 0.2) is 5.09 Å². The summed E-state index contributed by atoms with van der Waals surface area (Å²) in [5.41, 5.74) is 0.630. The Morgan fingerprint density at radius 3 is 2.70 bits per heavy atom. The maximum absolute atomic E-state index is 10.7. The van der Waals surface area contributed by atoms with E-state index in [1.54, 1.807) is 12.1 Å². The Labute approximate surface area is 122 Å². The maximum atomic E-state index is 10.7. The van der Waals surface area contributed by atoms with Gasteiger partial charge in [-0.25, -0.2) is 4.79 Å². The van der Waals surface area contributed by atoms with E-state index in [0.717, 1.165) is 0 Å². The zero-order chi connectivity index (χ0) is 14.7. The molecule has 0 saturated carbocycles. The van der Waals surface area contributed by atoms with E-state index in [1.165, 1.54) is 30.0 Å². The number of carboxylic acid groups (broad SMARTS) is 1. The summed E-state index contributed by atoms with van der Waals surface area (Å²) in [6.45, 7) is 0. The summed E-state index contributed by atoms with van der Waals surface area (Å²) in [5, 5.41) is 20.0. The highest BCUT2D eigenvalue weighted by molar-refractivity contribution is 7.98. The van der Waals surface area contributed by atoms with Crippen LogP contribution in [0.3, 0.4) is 0 Å². The number of nitrogens with zero attached hydrogens (tertiary/aromatic N) is 1. The first-order chi connectivity index (χ1) is 9.47. The highest BCUT2D eigenvalue weighted by Crippen LogP contribution is 2.30. The molecule has 8 heteroatoms. The Balaban J connectivity index is 2.06. The summed E-state index contributed by atoms with van der Waals surface area (Å²) in [7, 11) is 0. The van der Waals surface area contributed by atoms with Gasteiger partial charge in [0.1, 0.15) is 0 Å². The molecule has 1 N–H and O–H groups in total. The van der Waals surface area contributed by atoms with Crippen molar-refractivity contribution in [1.82, 2.24) is 0 Å². The number of carboxylic acids is 1. The van der Waals surface area contributed by atoms with Crippen molar-refractivity contribution in [1.29, 1.82) is 0 Å². The lowest BCUT2D eigenvalue weighted by Crippen LogP contribution is -1.91. The zero-order valence-corrected chi connectivity index (χ0v) is 11.5. The molecule has 0 amide bonds. The van der Waals surface area contributed by atoms with Crippen LogP contribution in [0.25, 0.3) is 0 Å². The molecule has 2 rings (SSSR count). The average Bonchev–Trinajstić information content (AvgIpc) is 2.86. The Bertz CT molecular complexity index is 670. The van der Waals surface area contributed by atoms with Crippen LogP contribution in [0.4, 0.5) is 5.69 Å². The second-order valence-corrected chi connectivity index (χ2v) is 5.13. The quantitative estimate of drug-likeness (QED) is 0.512. The fourth-order valence-electron chi connectivity index (χ4n) is 1.43. The zero-order valence-electron chi connectivity index (χ0n) is 9.91. The molecule has 0 bridgehead atoms. The number of nitro groups is 1. The molecule has 104 valence electrons. The van der Waals surface area contributed by atoms with Gasteiger partial charge < -0.3 is 9.52 Å². The van der Waals surface area contributed by atoms with E-state index in [9.17, 15) is 14.9 Å². The second-order valence-electron chi connectivity index (χ2n) is 3.75. The summed E-state index contributed by atoms with van der Waals surface area (Å²) in [4.78, 5) is 20.7. The van der Waals surface area contributed by atoms with Crippen molar-refractivity contribution in [3.8, 4) is 0 Å². The van der Waals surface area contributed by atoms with Crippen LogP contribution in [0.2, 0.25) is 5.02 Å². The number of thioether (sulfide) groups is 1. The molecule has 0 unspecified atom stereocenters. The lowest BCUT2D eigenvalue weighted by molar-refractivity contribution is -0.384. The molecule has 0 aliphatic rings. The van der Waals surface area contributed by atoms with Gasteiger partial charge in [-0.3, -0.25) is 10.1 Å². The van der Waals surface area contributed by atoms with Gasteiger partial charge in [-0.2, -0.15) is 0 Å². The first kappa shape index (κ1) is 14.4. The third kappa shape index (κ3) is 3.31. The van der Waals surface area contributed by atoms with Crippen LogP contribution in [-0.2, 0) is 5.75 Å². The van der Waals surface area contributed by atoms with Crippen LogP contribution in [0, 0.1) is 10.1 Å². The monoisotopic (exact) mass is 313 g/mol. The minimum absolute atomic E-state index is 0.0742. The van der Waals surface area contributed by atoms with E-state index >= 15 is 0 Å². The molecule has 6 nitrogen and oxygen atoms in total.